The zero-order valence-corrected chi connectivity index (χ0v) is 16.3. The number of nitrogens with zero attached hydrogens (tertiary/aromatic N) is 3. The molecule has 6 heteroatoms. The molecule has 2 aromatic heterocycles. The highest BCUT2D eigenvalue weighted by molar-refractivity contribution is 9.10. The monoisotopic (exact) mass is 425 g/mol. The molecule has 0 N–H and O–H groups in total. The minimum absolute atomic E-state index is 0.602. The van der Waals surface area contributed by atoms with E-state index in [2.05, 4.69) is 42.8 Å². The van der Waals surface area contributed by atoms with Crippen LogP contribution in [0.4, 0.5) is 0 Å². The van der Waals surface area contributed by atoms with Crippen molar-refractivity contribution >= 4 is 27.7 Å². The van der Waals surface area contributed by atoms with E-state index in [1.165, 1.54) is 5.56 Å². The standard InChI is InChI=1S/C20H16BrN3OS/c21-17-9-4-6-15(12-17)14-26-20-23-22-19(16-7-2-1-3-8-16)24(20)13-18-10-5-11-25-18/h1-12H,13-14H2. The molecule has 0 aliphatic rings. The molecule has 0 atom stereocenters. The summed E-state index contributed by atoms with van der Waals surface area (Å²) in [5, 5.41) is 9.75. The summed E-state index contributed by atoms with van der Waals surface area (Å²) in [6.45, 7) is 0.602. The second-order valence-electron chi connectivity index (χ2n) is 5.76. The van der Waals surface area contributed by atoms with Crippen LogP contribution < -0.4 is 0 Å². The Morgan fingerprint density at radius 3 is 2.62 bits per heavy atom. The van der Waals surface area contributed by atoms with Gasteiger partial charge in [0.05, 0.1) is 12.8 Å². The molecule has 4 nitrogen and oxygen atoms in total. The van der Waals surface area contributed by atoms with Crippen molar-refractivity contribution in [2.75, 3.05) is 0 Å². The first-order valence-electron chi connectivity index (χ1n) is 8.18. The van der Waals surface area contributed by atoms with Crippen molar-refractivity contribution in [2.45, 2.75) is 17.5 Å². The van der Waals surface area contributed by atoms with E-state index in [9.17, 15) is 0 Å². The van der Waals surface area contributed by atoms with Crippen molar-refractivity contribution in [3.8, 4) is 11.4 Å². The molecule has 0 aliphatic heterocycles. The van der Waals surface area contributed by atoms with Crippen LogP contribution in [0.15, 0.2) is 87.0 Å². The maximum atomic E-state index is 5.54. The molecule has 0 fully saturated rings. The predicted molar refractivity (Wildman–Crippen MR) is 107 cm³/mol. The summed E-state index contributed by atoms with van der Waals surface area (Å²) in [7, 11) is 0. The predicted octanol–water partition coefficient (Wildman–Crippen LogP) is 5.64. The largest absolute Gasteiger partial charge is 0.467 e. The van der Waals surface area contributed by atoms with E-state index >= 15 is 0 Å². The smallest absolute Gasteiger partial charge is 0.192 e. The molecule has 0 unspecified atom stereocenters. The zero-order valence-electron chi connectivity index (χ0n) is 13.9. The number of furan rings is 1. The molecule has 0 bridgehead atoms. The number of halogens is 1. The molecule has 2 heterocycles. The number of hydrogen-bond acceptors (Lipinski definition) is 4. The molecule has 130 valence electrons. The Labute approximate surface area is 164 Å². The van der Waals surface area contributed by atoms with Crippen LogP contribution in [0.3, 0.4) is 0 Å². The molecule has 4 rings (SSSR count). The molecule has 0 radical (unpaired) electrons. The maximum Gasteiger partial charge on any atom is 0.192 e. The topological polar surface area (TPSA) is 43.9 Å². The van der Waals surface area contributed by atoms with Crippen molar-refractivity contribution in [1.29, 1.82) is 0 Å². The molecule has 0 spiro atoms. The third kappa shape index (κ3) is 3.92. The van der Waals surface area contributed by atoms with Gasteiger partial charge in [0.2, 0.25) is 0 Å². The van der Waals surface area contributed by atoms with Gasteiger partial charge in [-0.05, 0) is 29.8 Å². The van der Waals surface area contributed by atoms with E-state index in [4.69, 9.17) is 4.42 Å². The van der Waals surface area contributed by atoms with Gasteiger partial charge >= 0.3 is 0 Å². The highest BCUT2D eigenvalue weighted by atomic mass is 79.9. The number of benzene rings is 2. The SMILES string of the molecule is Brc1cccc(CSc2nnc(-c3ccccc3)n2Cc2ccco2)c1. The third-order valence-corrected chi connectivity index (χ3v) is 5.43. The van der Waals surface area contributed by atoms with Gasteiger partial charge in [0.1, 0.15) is 5.76 Å². The summed E-state index contributed by atoms with van der Waals surface area (Å²) in [4.78, 5) is 0. The van der Waals surface area contributed by atoms with Crippen LogP contribution in [0.1, 0.15) is 11.3 Å². The first-order chi connectivity index (χ1) is 12.8. The lowest BCUT2D eigenvalue weighted by Crippen LogP contribution is -2.03. The minimum Gasteiger partial charge on any atom is -0.467 e. The van der Waals surface area contributed by atoms with Gasteiger partial charge in [-0.2, -0.15) is 0 Å². The van der Waals surface area contributed by atoms with Crippen LogP contribution in [0.25, 0.3) is 11.4 Å². The second kappa shape index (κ2) is 7.93. The quantitative estimate of drug-likeness (QED) is 0.374. The Kier molecular flexibility index (Phi) is 5.22. The Bertz CT molecular complexity index is 983. The molecule has 0 saturated heterocycles. The first-order valence-corrected chi connectivity index (χ1v) is 9.96. The molecular weight excluding hydrogens is 410 g/mol. The number of rotatable bonds is 6. The van der Waals surface area contributed by atoms with E-state index in [1.54, 1.807) is 18.0 Å². The summed E-state index contributed by atoms with van der Waals surface area (Å²) in [5.74, 6) is 2.55. The van der Waals surface area contributed by atoms with Crippen molar-refractivity contribution in [2.24, 2.45) is 0 Å². The summed E-state index contributed by atoms with van der Waals surface area (Å²) < 4.78 is 8.73. The summed E-state index contributed by atoms with van der Waals surface area (Å²) in [6.07, 6.45) is 1.69. The van der Waals surface area contributed by atoms with E-state index in [-0.39, 0.29) is 0 Å². The van der Waals surface area contributed by atoms with E-state index in [0.717, 1.165) is 32.5 Å². The average Bonchev–Trinajstić information content (AvgIpc) is 3.31. The second-order valence-corrected chi connectivity index (χ2v) is 7.61. The van der Waals surface area contributed by atoms with Crippen LogP contribution >= 0.6 is 27.7 Å². The third-order valence-electron chi connectivity index (χ3n) is 3.90. The maximum absolute atomic E-state index is 5.54. The Morgan fingerprint density at radius 1 is 0.962 bits per heavy atom. The van der Waals surface area contributed by atoms with Crippen molar-refractivity contribution in [1.82, 2.24) is 14.8 Å². The molecule has 0 amide bonds. The van der Waals surface area contributed by atoms with Gasteiger partial charge in [-0.25, -0.2) is 0 Å². The van der Waals surface area contributed by atoms with Crippen molar-refractivity contribution in [3.63, 3.8) is 0 Å². The van der Waals surface area contributed by atoms with Crippen LogP contribution in [-0.4, -0.2) is 14.8 Å². The van der Waals surface area contributed by atoms with Gasteiger partial charge in [0.15, 0.2) is 11.0 Å². The zero-order chi connectivity index (χ0) is 17.8. The Balaban J connectivity index is 1.64. The van der Waals surface area contributed by atoms with Crippen LogP contribution in [0, 0.1) is 0 Å². The molecule has 2 aromatic carbocycles. The fourth-order valence-electron chi connectivity index (χ4n) is 2.67. The highest BCUT2D eigenvalue weighted by Gasteiger charge is 2.15. The fourth-order valence-corrected chi connectivity index (χ4v) is 4.00. The van der Waals surface area contributed by atoms with E-state index in [0.29, 0.717) is 6.54 Å². The first kappa shape index (κ1) is 17.1. The fraction of sp³-hybridized carbons (Fsp3) is 0.100. The van der Waals surface area contributed by atoms with Gasteiger partial charge < -0.3 is 4.42 Å². The molecule has 4 aromatic rings. The summed E-state index contributed by atoms with van der Waals surface area (Å²) in [5.41, 5.74) is 2.28. The van der Waals surface area contributed by atoms with Gasteiger partial charge in [-0.15, -0.1) is 10.2 Å². The van der Waals surface area contributed by atoms with Crippen molar-refractivity contribution in [3.05, 3.63) is 88.8 Å². The van der Waals surface area contributed by atoms with E-state index < -0.39 is 0 Å². The lowest BCUT2D eigenvalue weighted by Gasteiger charge is -2.09. The van der Waals surface area contributed by atoms with Gasteiger partial charge in [-0.3, -0.25) is 4.57 Å². The van der Waals surface area contributed by atoms with Crippen LogP contribution in [0.2, 0.25) is 0 Å². The minimum atomic E-state index is 0.602. The Hall–Kier alpha value is -2.31. The van der Waals surface area contributed by atoms with Gasteiger partial charge in [0.25, 0.3) is 0 Å². The summed E-state index contributed by atoms with van der Waals surface area (Å²) >= 11 is 5.20. The molecule has 0 aliphatic carbocycles. The molecular formula is C20H16BrN3OS. The Morgan fingerprint density at radius 2 is 1.85 bits per heavy atom. The molecule has 26 heavy (non-hydrogen) atoms. The van der Waals surface area contributed by atoms with Gasteiger partial charge in [-0.1, -0.05) is 70.2 Å². The average molecular weight is 426 g/mol. The van der Waals surface area contributed by atoms with Crippen molar-refractivity contribution < 1.29 is 4.42 Å². The lowest BCUT2D eigenvalue weighted by molar-refractivity contribution is 0.485. The summed E-state index contributed by atoms with van der Waals surface area (Å²) in [6, 6.07) is 22.3. The van der Waals surface area contributed by atoms with Crippen LogP contribution in [-0.2, 0) is 12.3 Å². The molecule has 0 saturated carbocycles. The normalized spacial score (nSPS) is 11.0. The number of aromatic nitrogens is 3. The van der Waals surface area contributed by atoms with Gasteiger partial charge in [0, 0.05) is 15.8 Å². The lowest BCUT2D eigenvalue weighted by atomic mass is 10.2. The number of hydrogen-bond donors (Lipinski definition) is 0. The van der Waals surface area contributed by atoms with E-state index in [1.807, 2.05) is 54.6 Å². The number of thioether (sulfide) groups is 1. The highest BCUT2D eigenvalue weighted by Crippen LogP contribution is 2.28. The van der Waals surface area contributed by atoms with Crippen LogP contribution in [0.5, 0.6) is 0 Å².